The zero-order valence-electron chi connectivity index (χ0n) is 9.32. The normalized spacial score (nSPS) is 13.2. The average molecular weight is 249 g/mol. The van der Waals surface area contributed by atoms with Gasteiger partial charge in [0.05, 0.1) is 0 Å². The van der Waals surface area contributed by atoms with Crippen molar-refractivity contribution in [3.63, 3.8) is 0 Å². The predicted molar refractivity (Wildman–Crippen MR) is 65.6 cm³/mol. The summed E-state index contributed by atoms with van der Waals surface area (Å²) < 4.78 is 0. The lowest BCUT2D eigenvalue weighted by Crippen LogP contribution is -1.97. The Morgan fingerprint density at radius 3 is 1.92 bits per heavy atom. The summed E-state index contributed by atoms with van der Waals surface area (Å²) in [7, 11) is 0. The van der Waals surface area contributed by atoms with Crippen molar-refractivity contribution in [3.05, 3.63) is 0 Å². The summed E-state index contributed by atoms with van der Waals surface area (Å²) in [4.78, 5) is 0.786. The second-order valence-corrected chi connectivity index (χ2v) is 5.24. The van der Waals surface area contributed by atoms with Gasteiger partial charge in [-0.25, -0.2) is 0 Å². The molecule has 1 heteroatoms. The zero-order valence-corrected chi connectivity index (χ0v) is 10.9. The van der Waals surface area contributed by atoms with Crippen LogP contribution in [0.1, 0.15) is 71.6 Å². The van der Waals surface area contributed by atoms with E-state index in [-0.39, 0.29) is 0 Å². The molecular formula is C12H25Br. The summed E-state index contributed by atoms with van der Waals surface area (Å²) in [6.07, 6.45) is 12.5. The maximum atomic E-state index is 3.75. The predicted octanol–water partition coefficient (Wildman–Crippen LogP) is 5.30. The molecule has 0 rings (SSSR count). The molecule has 0 bridgehead atoms. The maximum absolute atomic E-state index is 3.75. The standard InChI is InChI=1S/C12H25Br/c1-3-5-7-8-9-11-12(13)10-6-4-2/h12H,3-11H2,1-2H3. The van der Waals surface area contributed by atoms with E-state index in [1.54, 1.807) is 0 Å². The minimum Gasteiger partial charge on any atom is -0.0891 e. The fraction of sp³-hybridized carbons (Fsp3) is 1.00. The van der Waals surface area contributed by atoms with Crippen LogP contribution in [0.2, 0.25) is 0 Å². The molecule has 0 N–H and O–H groups in total. The summed E-state index contributed by atoms with van der Waals surface area (Å²) in [6.45, 7) is 4.54. The van der Waals surface area contributed by atoms with Gasteiger partial charge in [0.25, 0.3) is 0 Å². The van der Waals surface area contributed by atoms with Gasteiger partial charge in [-0.05, 0) is 12.8 Å². The van der Waals surface area contributed by atoms with Crippen LogP contribution in [0, 0.1) is 0 Å². The van der Waals surface area contributed by atoms with E-state index in [1.807, 2.05) is 0 Å². The van der Waals surface area contributed by atoms with Gasteiger partial charge in [0.15, 0.2) is 0 Å². The smallest absolute Gasteiger partial charge is 0.0145 e. The van der Waals surface area contributed by atoms with E-state index in [2.05, 4.69) is 29.8 Å². The van der Waals surface area contributed by atoms with Crippen LogP contribution in [-0.4, -0.2) is 4.83 Å². The van der Waals surface area contributed by atoms with Crippen molar-refractivity contribution >= 4 is 15.9 Å². The third-order valence-electron chi connectivity index (χ3n) is 2.49. The van der Waals surface area contributed by atoms with E-state index in [4.69, 9.17) is 0 Å². The lowest BCUT2D eigenvalue weighted by Gasteiger charge is -2.08. The van der Waals surface area contributed by atoms with Gasteiger partial charge in [-0.15, -0.1) is 0 Å². The fourth-order valence-corrected chi connectivity index (χ4v) is 2.19. The van der Waals surface area contributed by atoms with Crippen LogP contribution in [0.3, 0.4) is 0 Å². The first kappa shape index (κ1) is 13.5. The third kappa shape index (κ3) is 10.4. The molecule has 80 valence electrons. The highest BCUT2D eigenvalue weighted by Gasteiger charge is 2.02. The Hall–Kier alpha value is 0.480. The van der Waals surface area contributed by atoms with Gasteiger partial charge < -0.3 is 0 Å². The maximum Gasteiger partial charge on any atom is 0.0145 e. The Balaban J connectivity index is 3.03. The molecule has 0 aromatic rings. The number of unbranched alkanes of at least 4 members (excludes halogenated alkanes) is 5. The molecule has 0 aromatic heterocycles. The van der Waals surface area contributed by atoms with E-state index in [0.29, 0.717) is 0 Å². The summed E-state index contributed by atoms with van der Waals surface area (Å²) in [6, 6.07) is 0. The van der Waals surface area contributed by atoms with Crippen LogP contribution < -0.4 is 0 Å². The highest BCUT2D eigenvalue weighted by atomic mass is 79.9. The van der Waals surface area contributed by atoms with Gasteiger partial charge in [-0.1, -0.05) is 74.7 Å². The van der Waals surface area contributed by atoms with Gasteiger partial charge in [0.1, 0.15) is 0 Å². The lowest BCUT2D eigenvalue weighted by molar-refractivity contribution is 0.575. The van der Waals surface area contributed by atoms with Gasteiger partial charge in [0, 0.05) is 4.83 Å². The van der Waals surface area contributed by atoms with Crippen molar-refractivity contribution in [2.45, 2.75) is 76.5 Å². The molecule has 0 aliphatic carbocycles. The molecule has 0 aromatic carbocycles. The molecule has 0 nitrogen and oxygen atoms in total. The van der Waals surface area contributed by atoms with Crippen LogP contribution in [0.5, 0.6) is 0 Å². The van der Waals surface area contributed by atoms with Crippen molar-refractivity contribution in [3.8, 4) is 0 Å². The Morgan fingerprint density at radius 1 is 0.769 bits per heavy atom. The van der Waals surface area contributed by atoms with Crippen molar-refractivity contribution in [2.24, 2.45) is 0 Å². The topological polar surface area (TPSA) is 0 Å². The first-order chi connectivity index (χ1) is 6.31. The number of rotatable bonds is 9. The molecule has 0 aliphatic heterocycles. The van der Waals surface area contributed by atoms with Crippen LogP contribution in [0.25, 0.3) is 0 Å². The monoisotopic (exact) mass is 248 g/mol. The summed E-state index contributed by atoms with van der Waals surface area (Å²) in [5, 5.41) is 0. The number of hydrogen-bond donors (Lipinski definition) is 0. The highest BCUT2D eigenvalue weighted by Crippen LogP contribution is 2.17. The Bertz CT molecular complexity index is 91.1. The fourth-order valence-electron chi connectivity index (χ4n) is 1.54. The van der Waals surface area contributed by atoms with E-state index < -0.39 is 0 Å². The minimum absolute atomic E-state index is 0.786. The molecule has 0 radical (unpaired) electrons. The molecule has 0 heterocycles. The van der Waals surface area contributed by atoms with Gasteiger partial charge in [-0.2, -0.15) is 0 Å². The zero-order chi connectivity index (χ0) is 9.94. The van der Waals surface area contributed by atoms with Crippen molar-refractivity contribution < 1.29 is 0 Å². The van der Waals surface area contributed by atoms with Gasteiger partial charge in [-0.3, -0.25) is 0 Å². The molecule has 0 spiro atoms. The van der Waals surface area contributed by atoms with Crippen molar-refractivity contribution in [2.75, 3.05) is 0 Å². The van der Waals surface area contributed by atoms with Crippen LogP contribution in [0.4, 0.5) is 0 Å². The quantitative estimate of drug-likeness (QED) is 0.384. The number of alkyl halides is 1. The van der Waals surface area contributed by atoms with Gasteiger partial charge >= 0.3 is 0 Å². The second kappa shape index (κ2) is 10.6. The van der Waals surface area contributed by atoms with E-state index in [9.17, 15) is 0 Å². The van der Waals surface area contributed by atoms with Crippen molar-refractivity contribution in [1.82, 2.24) is 0 Å². The summed E-state index contributed by atoms with van der Waals surface area (Å²) >= 11 is 3.75. The Morgan fingerprint density at radius 2 is 1.31 bits per heavy atom. The number of halogens is 1. The molecule has 1 atom stereocenters. The average Bonchev–Trinajstić information content (AvgIpc) is 2.14. The van der Waals surface area contributed by atoms with E-state index in [1.165, 1.54) is 57.8 Å². The lowest BCUT2D eigenvalue weighted by atomic mass is 10.1. The first-order valence-corrected chi connectivity index (χ1v) is 6.86. The molecule has 1 unspecified atom stereocenters. The second-order valence-electron chi connectivity index (χ2n) is 3.94. The van der Waals surface area contributed by atoms with Crippen LogP contribution in [0.15, 0.2) is 0 Å². The molecule has 0 aliphatic rings. The molecule has 0 saturated heterocycles. The van der Waals surface area contributed by atoms with Crippen molar-refractivity contribution in [1.29, 1.82) is 0 Å². The SMILES string of the molecule is CCCCCCCC(Br)CCCC. The highest BCUT2D eigenvalue weighted by molar-refractivity contribution is 9.09. The number of hydrogen-bond acceptors (Lipinski definition) is 0. The van der Waals surface area contributed by atoms with Crippen LogP contribution >= 0.6 is 15.9 Å². The summed E-state index contributed by atoms with van der Waals surface area (Å²) in [5.41, 5.74) is 0. The Labute approximate surface area is 92.6 Å². The molecule has 13 heavy (non-hydrogen) atoms. The molecular weight excluding hydrogens is 224 g/mol. The minimum atomic E-state index is 0.786. The molecule has 0 amide bonds. The van der Waals surface area contributed by atoms with Crippen LogP contribution in [-0.2, 0) is 0 Å². The molecule has 0 saturated carbocycles. The first-order valence-electron chi connectivity index (χ1n) is 5.95. The van der Waals surface area contributed by atoms with E-state index >= 15 is 0 Å². The van der Waals surface area contributed by atoms with E-state index in [0.717, 1.165) is 4.83 Å². The largest absolute Gasteiger partial charge is 0.0891 e. The third-order valence-corrected chi connectivity index (χ3v) is 3.41. The Kier molecular flexibility index (Phi) is 11.0. The van der Waals surface area contributed by atoms with Gasteiger partial charge in [0.2, 0.25) is 0 Å². The molecule has 0 fully saturated rings. The summed E-state index contributed by atoms with van der Waals surface area (Å²) in [5.74, 6) is 0.